The normalized spacial score (nSPS) is 10.8. The lowest BCUT2D eigenvalue weighted by Crippen LogP contribution is -2.01. The molecule has 3 nitrogen and oxygen atoms in total. The fraction of sp³-hybridized carbons (Fsp3) is 0.0667. The molecule has 0 aliphatic rings. The molecule has 3 rings (SSSR count). The van der Waals surface area contributed by atoms with Crippen LogP contribution in [0.2, 0.25) is 10.0 Å². The van der Waals surface area contributed by atoms with E-state index in [0.717, 1.165) is 14.7 Å². The van der Waals surface area contributed by atoms with Crippen LogP contribution in [0, 0.1) is 3.57 Å². The second-order valence-electron chi connectivity index (χ2n) is 4.49. The molecule has 0 unspecified atom stereocenters. The van der Waals surface area contributed by atoms with Crippen molar-refractivity contribution in [3.05, 3.63) is 68.0 Å². The Morgan fingerprint density at radius 3 is 2.71 bits per heavy atom. The van der Waals surface area contributed by atoms with Gasteiger partial charge in [-0.15, -0.1) is 0 Å². The van der Waals surface area contributed by atoms with Crippen LogP contribution in [0.3, 0.4) is 0 Å². The van der Waals surface area contributed by atoms with Gasteiger partial charge in [-0.1, -0.05) is 47.5 Å². The van der Waals surface area contributed by atoms with Gasteiger partial charge in [0.05, 0.1) is 16.6 Å². The van der Waals surface area contributed by atoms with Gasteiger partial charge in [-0.2, -0.15) is 5.10 Å². The molecular weight excluding hydrogens is 420 g/mol. The van der Waals surface area contributed by atoms with Crippen molar-refractivity contribution in [2.24, 2.45) is 0 Å². The van der Waals surface area contributed by atoms with Gasteiger partial charge in [-0.3, -0.25) is 0 Å². The molecule has 21 heavy (non-hydrogen) atoms. The lowest BCUT2D eigenvalue weighted by Gasteiger charge is -2.05. The van der Waals surface area contributed by atoms with Crippen LogP contribution >= 0.6 is 45.8 Å². The minimum absolute atomic E-state index is 0.538. The monoisotopic (exact) mass is 429 g/mol. The molecule has 0 amide bonds. The Kier molecular flexibility index (Phi) is 4.47. The van der Waals surface area contributed by atoms with Crippen LogP contribution in [0.1, 0.15) is 5.56 Å². The van der Waals surface area contributed by atoms with Crippen molar-refractivity contribution in [3.8, 4) is 11.4 Å². The fourth-order valence-corrected chi connectivity index (χ4v) is 2.90. The molecule has 1 heterocycles. The van der Waals surface area contributed by atoms with E-state index in [1.165, 1.54) is 0 Å². The van der Waals surface area contributed by atoms with E-state index in [9.17, 15) is 0 Å². The van der Waals surface area contributed by atoms with Crippen molar-refractivity contribution in [2.45, 2.75) is 6.54 Å². The summed E-state index contributed by atoms with van der Waals surface area (Å²) in [6, 6.07) is 13.6. The molecule has 2 aromatic carbocycles. The Morgan fingerprint density at radius 2 is 1.90 bits per heavy atom. The van der Waals surface area contributed by atoms with E-state index >= 15 is 0 Å². The summed E-state index contributed by atoms with van der Waals surface area (Å²) in [5, 5.41) is 5.60. The molecule has 1 aromatic heterocycles. The number of benzene rings is 2. The summed E-state index contributed by atoms with van der Waals surface area (Å²) < 4.78 is 2.91. The first-order valence-electron chi connectivity index (χ1n) is 6.22. The Morgan fingerprint density at radius 1 is 1.10 bits per heavy atom. The van der Waals surface area contributed by atoms with Gasteiger partial charge < -0.3 is 0 Å². The number of hydrogen-bond donors (Lipinski definition) is 0. The molecule has 0 bridgehead atoms. The highest BCUT2D eigenvalue weighted by Gasteiger charge is 2.08. The van der Waals surface area contributed by atoms with Gasteiger partial charge in [0.25, 0.3) is 0 Å². The zero-order chi connectivity index (χ0) is 14.8. The quantitative estimate of drug-likeness (QED) is 0.554. The second-order valence-corrected chi connectivity index (χ2v) is 6.52. The third-order valence-electron chi connectivity index (χ3n) is 2.98. The fourth-order valence-electron chi connectivity index (χ4n) is 1.98. The van der Waals surface area contributed by atoms with Crippen LogP contribution in [-0.2, 0) is 6.54 Å². The first-order valence-corrected chi connectivity index (χ1v) is 8.05. The van der Waals surface area contributed by atoms with E-state index in [2.05, 4.69) is 32.7 Å². The summed E-state index contributed by atoms with van der Waals surface area (Å²) in [6.07, 6.45) is 1.70. The van der Waals surface area contributed by atoms with Crippen LogP contribution in [0.15, 0.2) is 48.8 Å². The van der Waals surface area contributed by atoms with E-state index in [1.54, 1.807) is 17.1 Å². The third kappa shape index (κ3) is 3.39. The van der Waals surface area contributed by atoms with Crippen LogP contribution < -0.4 is 0 Å². The van der Waals surface area contributed by atoms with Crippen molar-refractivity contribution in [1.29, 1.82) is 0 Å². The van der Waals surface area contributed by atoms with E-state index in [-0.39, 0.29) is 0 Å². The van der Waals surface area contributed by atoms with Gasteiger partial charge in [0.2, 0.25) is 0 Å². The third-order valence-corrected chi connectivity index (χ3v) is 4.51. The van der Waals surface area contributed by atoms with Crippen LogP contribution in [0.5, 0.6) is 0 Å². The largest absolute Gasteiger partial charge is 0.248 e. The average Bonchev–Trinajstić information content (AvgIpc) is 2.93. The number of nitrogens with zero attached hydrogens (tertiary/aromatic N) is 3. The van der Waals surface area contributed by atoms with Gasteiger partial charge in [-0.25, -0.2) is 9.67 Å². The smallest absolute Gasteiger partial charge is 0.181 e. The highest BCUT2D eigenvalue weighted by molar-refractivity contribution is 14.1. The Balaban J connectivity index is 1.87. The molecule has 0 N–H and O–H groups in total. The standard InChI is InChI=1S/C15H10Cl2IN3/c16-13-6-2-4-11(14(13)17)8-21-9-19-15(20-21)10-3-1-5-12(18)7-10/h1-7,9H,8H2. The molecule has 0 spiro atoms. The zero-order valence-electron chi connectivity index (χ0n) is 10.8. The first-order chi connectivity index (χ1) is 10.1. The molecule has 0 saturated heterocycles. The summed E-state index contributed by atoms with van der Waals surface area (Å²) in [6.45, 7) is 0.538. The maximum Gasteiger partial charge on any atom is 0.181 e. The molecule has 0 atom stereocenters. The second kappa shape index (κ2) is 6.34. The van der Waals surface area contributed by atoms with Gasteiger partial charge in [0, 0.05) is 9.13 Å². The Hall–Kier alpha value is -1.11. The highest BCUT2D eigenvalue weighted by Crippen LogP contribution is 2.26. The highest BCUT2D eigenvalue weighted by atomic mass is 127. The van der Waals surface area contributed by atoms with Crippen molar-refractivity contribution < 1.29 is 0 Å². The Bertz CT molecular complexity index is 786. The molecule has 0 aliphatic heterocycles. The number of aromatic nitrogens is 3. The SMILES string of the molecule is Clc1cccc(Cn2cnc(-c3cccc(I)c3)n2)c1Cl. The molecule has 0 fully saturated rings. The van der Waals surface area contributed by atoms with Crippen LogP contribution in [-0.4, -0.2) is 14.8 Å². The number of hydrogen-bond acceptors (Lipinski definition) is 2. The van der Waals surface area contributed by atoms with Crippen molar-refractivity contribution in [3.63, 3.8) is 0 Å². The van der Waals surface area contributed by atoms with Crippen LogP contribution in [0.25, 0.3) is 11.4 Å². The van der Waals surface area contributed by atoms with E-state index < -0.39 is 0 Å². The molecule has 0 saturated carbocycles. The summed E-state index contributed by atoms with van der Waals surface area (Å²) in [5.74, 6) is 0.701. The number of rotatable bonds is 3. The molecular formula is C15H10Cl2IN3. The topological polar surface area (TPSA) is 30.7 Å². The van der Waals surface area contributed by atoms with E-state index in [0.29, 0.717) is 22.4 Å². The van der Waals surface area contributed by atoms with Gasteiger partial charge >= 0.3 is 0 Å². The van der Waals surface area contributed by atoms with Crippen LogP contribution in [0.4, 0.5) is 0 Å². The zero-order valence-corrected chi connectivity index (χ0v) is 14.5. The van der Waals surface area contributed by atoms with Gasteiger partial charge in [0.1, 0.15) is 6.33 Å². The summed E-state index contributed by atoms with van der Waals surface area (Å²) in [7, 11) is 0. The molecule has 3 aromatic rings. The minimum Gasteiger partial charge on any atom is -0.248 e. The minimum atomic E-state index is 0.538. The molecule has 0 radical (unpaired) electrons. The van der Waals surface area contributed by atoms with Crippen molar-refractivity contribution in [2.75, 3.05) is 0 Å². The average molecular weight is 430 g/mol. The van der Waals surface area contributed by atoms with Crippen molar-refractivity contribution in [1.82, 2.24) is 14.8 Å². The summed E-state index contributed by atoms with van der Waals surface area (Å²) in [5.41, 5.74) is 1.92. The van der Waals surface area contributed by atoms with E-state index in [4.69, 9.17) is 23.2 Å². The lowest BCUT2D eigenvalue weighted by atomic mass is 10.2. The molecule has 0 aliphatic carbocycles. The summed E-state index contributed by atoms with van der Waals surface area (Å²) >= 11 is 14.5. The predicted octanol–water partition coefficient (Wildman–Crippen LogP) is 4.90. The van der Waals surface area contributed by atoms with E-state index in [1.807, 2.05) is 36.4 Å². The predicted molar refractivity (Wildman–Crippen MR) is 93.7 cm³/mol. The van der Waals surface area contributed by atoms with Gasteiger partial charge in [0.15, 0.2) is 5.82 Å². The number of halogens is 3. The Labute approximate surface area is 146 Å². The molecule has 106 valence electrons. The summed E-state index contributed by atoms with van der Waals surface area (Å²) in [4.78, 5) is 4.35. The van der Waals surface area contributed by atoms with Crippen molar-refractivity contribution >= 4 is 45.8 Å². The molecule has 6 heteroatoms. The first kappa shape index (κ1) is 14.8. The van der Waals surface area contributed by atoms with Gasteiger partial charge in [-0.05, 0) is 46.4 Å². The maximum absolute atomic E-state index is 6.19. The maximum atomic E-state index is 6.19. The lowest BCUT2D eigenvalue weighted by molar-refractivity contribution is 0.687.